The Kier molecular flexibility index (Phi) is 4.73. The molecular formula is C11H21N3O2. The lowest BCUT2D eigenvalue weighted by molar-refractivity contribution is -0.139. The van der Waals surface area contributed by atoms with Crippen molar-refractivity contribution in [3.05, 3.63) is 0 Å². The highest BCUT2D eigenvalue weighted by atomic mass is 16.2. The number of hydrogen-bond acceptors (Lipinski definition) is 3. The first-order valence-corrected chi connectivity index (χ1v) is 5.80. The van der Waals surface area contributed by atoms with Crippen LogP contribution in [0.25, 0.3) is 0 Å². The van der Waals surface area contributed by atoms with Crippen LogP contribution in [0.3, 0.4) is 0 Å². The Bertz CT molecular complexity index is 268. The summed E-state index contributed by atoms with van der Waals surface area (Å²) in [7, 11) is 1.58. The number of amides is 2. The van der Waals surface area contributed by atoms with Gasteiger partial charge in [0.2, 0.25) is 11.8 Å². The normalized spacial score (nSPS) is 24.2. The number of nitrogens with one attached hydrogen (secondary N) is 2. The lowest BCUT2D eigenvalue weighted by Crippen LogP contribution is -2.44. The Balaban J connectivity index is 2.58. The first-order valence-electron chi connectivity index (χ1n) is 5.80. The molecule has 0 aromatic rings. The molecule has 0 aliphatic carbocycles. The van der Waals surface area contributed by atoms with Crippen molar-refractivity contribution in [1.29, 1.82) is 0 Å². The zero-order valence-electron chi connectivity index (χ0n) is 10.2. The monoisotopic (exact) mass is 227 g/mol. The SMILES string of the molecule is CCN(CC(=O)NC)C(=O)C1CNCC1C. The van der Waals surface area contributed by atoms with Gasteiger partial charge in [0, 0.05) is 20.1 Å². The van der Waals surface area contributed by atoms with Crippen LogP contribution >= 0.6 is 0 Å². The molecule has 0 bridgehead atoms. The number of likely N-dealkylation sites (N-methyl/N-ethyl adjacent to an activating group) is 2. The molecule has 1 aliphatic heterocycles. The van der Waals surface area contributed by atoms with Crippen LogP contribution in [-0.4, -0.2) is 49.9 Å². The molecule has 2 N–H and O–H groups in total. The molecule has 5 nitrogen and oxygen atoms in total. The highest BCUT2D eigenvalue weighted by Crippen LogP contribution is 2.18. The summed E-state index contributed by atoms with van der Waals surface area (Å²) >= 11 is 0. The minimum Gasteiger partial charge on any atom is -0.358 e. The third-order valence-electron chi connectivity index (χ3n) is 3.14. The maximum absolute atomic E-state index is 12.1. The number of carbonyl (C=O) groups excluding carboxylic acids is 2. The van der Waals surface area contributed by atoms with Gasteiger partial charge in [-0.2, -0.15) is 0 Å². The summed E-state index contributed by atoms with van der Waals surface area (Å²) in [6.45, 7) is 6.31. The van der Waals surface area contributed by atoms with Crippen molar-refractivity contribution in [3.63, 3.8) is 0 Å². The predicted octanol–water partition coefficient (Wildman–Crippen LogP) is -0.564. The molecule has 0 aromatic heterocycles. The molecule has 2 amide bonds. The van der Waals surface area contributed by atoms with E-state index in [4.69, 9.17) is 0 Å². The zero-order valence-corrected chi connectivity index (χ0v) is 10.2. The van der Waals surface area contributed by atoms with Gasteiger partial charge in [-0.1, -0.05) is 6.92 Å². The Morgan fingerprint density at radius 3 is 2.56 bits per heavy atom. The van der Waals surface area contributed by atoms with Crippen molar-refractivity contribution in [2.45, 2.75) is 13.8 Å². The molecule has 92 valence electrons. The maximum atomic E-state index is 12.1. The Labute approximate surface area is 96.6 Å². The minimum atomic E-state index is -0.117. The second-order valence-corrected chi connectivity index (χ2v) is 4.27. The second-order valence-electron chi connectivity index (χ2n) is 4.27. The summed E-state index contributed by atoms with van der Waals surface area (Å²) < 4.78 is 0. The standard InChI is InChI=1S/C11H21N3O2/c1-4-14(7-10(15)12-3)11(16)9-6-13-5-8(9)2/h8-9,13H,4-7H2,1-3H3,(H,12,15). The van der Waals surface area contributed by atoms with Gasteiger partial charge in [0.05, 0.1) is 12.5 Å². The predicted molar refractivity (Wildman–Crippen MR) is 61.8 cm³/mol. The number of nitrogens with zero attached hydrogens (tertiary/aromatic N) is 1. The van der Waals surface area contributed by atoms with Gasteiger partial charge in [-0.15, -0.1) is 0 Å². The molecule has 5 heteroatoms. The highest BCUT2D eigenvalue weighted by molar-refractivity contribution is 5.86. The van der Waals surface area contributed by atoms with Crippen molar-refractivity contribution in [1.82, 2.24) is 15.5 Å². The van der Waals surface area contributed by atoms with Crippen LogP contribution in [0.15, 0.2) is 0 Å². The highest BCUT2D eigenvalue weighted by Gasteiger charge is 2.32. The third-order valence-corrected chi connectivity index (χ3v) is 3.14. The van der Waals surface area contributed by atoms with Crippen molar-refractivity contribution >= 4 is 11.8 Å². The largest absolute Gasteiger partial charge is 0.358 e. The smallest absolute Gasteiger partial charge is 0.239 e. The molecule has 1 aliphatic rings. The van der Waals surface area contributed by atoms with E-state index in [-0.39, 0.29) is 24.3 Å². The summed E-state index contributed by atoms with van der Waals surface area (Å²) in [5.74, 6) is 0.341. The zero-order chi connectivity index (χ0) is 12.1. The first-order chi connectivity index (χ1) is 7.60. The molecule has 2 atom stereocenters. The van der Waals surface area contributed by atoms with E-state index in [1.807, 2.05) is 6.92 Å². The number of rotatable bonds is 4. The van der Waals surface area contributed by atoms with Gasteiger partial charge < -0.3 is 15.5 Å². The average Bonchev–Trinajstić information content (AvgIpc) is 2.71. The molecule has 1 rings (SSSR count). The molecular weight excluding hydrogens is 206 g/mol. The van der Waals surface area contributed by atoms with Gasteiger partial charge in [0.1, 0.15) is 0 Å². The Morgan fingerprint density at radius 1 is 1.44 bits per heavy atom. The van der Waals surface area contributed by atoms with Crippen LogP contribution in [0.2, 0.25) is 0 Å². The Hall–Kier alpha value is -1.10. The van der Waals surface area contributed by atoms with Crippen molar-refractivity contribution in [2.24, 2.45) is 11.8 Å². The maximum Gasteiger partial charge on any atom is 0.239 e. The van der Waals surface area contributed by atoms with Crippen LogP contribution in [0.5, 0.6) is 0 Å². The Morgan fingerprint density at radius 2 is 2.12 bits per heavy atom. The lowest BCUT2D eigenvalue weighted by atomic mass is 9.96. The van der Waals surface area contributed by atoms with E-state index in [0.29, 0.717) is 12.5 Å². The van der Waals surface area contributed by atoms with E-state index in [1.54, 1.807) is 11.9 Å². The molecule has 0 saturated carbocycles. The molecule has 2 unspecified atom stereocenters. The number of hydrogen-bond donors (Lipinski definition) is 2. The fourth-order valence-corrected chi connectivity index (χ4v) is 1.97. The van der Waals surface area contributed by atoms with E-state index in [0.717, 1.165) is 13.1 Å². The third kappa shape index (κ3) is 2.95. The van der Waals surface area contributed by atoms with Crippen molar-refractivity contribution in [3.8, 4) is 0 Å². The summed E-state index contributed by atoms with van der Waals surface area (Å²) in [4.78, 5) is 25.0. The summed E-state index contributed by atoms with van der Waals surface area (Å²) in [5.41, 5.74) is 0. The van der Waals surface area contributed by atoms with Crippen LogP contribution < -0.4 is 10.6 Å². The summed E-state index contributed by atoms with van der Waals surface area (Å²) in [6, 6.07) is 0. The molecule has 0 radical (unpaired) electrons. The van der Waals surface area contributed by atoms with Crippen molar-refractivity contribution < 1.29 is 9.59 Å². The average molecular weight is 227 g/mol. The fraction of sp³-hybridized carbons (Fsp3) is 0.818. The van der Waals surface area contributed by atoms with Gasteiger partial charge >= 0.3 is 0 Å². The number of carbonyl (C=O) groups is 2. The summed E-state index contributed by atoms with van der Waals surface area (Å²) in [5, 5.41) is 5.74. The first kappa shape index (κ1) is 13.0. The van der Waals surface area contributed by atoms with Crippen molar-refractivity contribution in [2.75, 3.05) is 33.2 Å². The van der Waals surface area contributed by atoms with E-state index in [1.165, 1.54) is 0 Å². The quantitative estimate of drug-likeness (QED) is 0.676. The minimum absolute atomic E-state index is 0.0182. The van der Waals surface area contributed by atoms with Gasteiger partial charge in [-0.05, 0) is 19.4 Å². The molecule has 1 fully saturated rings. The van der Waals surface area contributed by atoms with E-state index < -0.39 is 0 Å². The molecule has 1 saturated heterocycles. The van der Waals surface area contributed by atoms with E-state index in [2.05, 4.69) is 17.6 Å². The fourth-order valence-electron chi connectivity index (χ4n) is 1.97. The van der Waals surface area contributed by atoms with Gasteiger partial charge in [0.15, 0.2) is 0 Å². The van der Waals surface area contributed by atoms with E-state index >= 15 is 0 Å². The second kappa shape index (κ2) is 5.84. The van der Waals surface area contributed by atoms with Gasteiger partial charge in [0.25, 0.3) is 0 Å². The van der Waals surface area contributed by atoms with Crippen LogP contribution in [-0.2, 0) is 9.59 Å². The van der Waals surface area contributed by atoms with Gasteiger partial charge in [-0.3, -0.25) is 9.59 Å². The van der Waals surface area contributed by atoms with Gasteiger partial charge in [-0.25, -0.2) is 0 Å². The molecule has 0 aromatic carbocycles. The summed E-state index contributed by atoms with van der Waals surface area (Å²) in [6.07, 6.45) is 0. The lowest BCUT2D eigenvalue weighted by Gasteiger charge is -2.24. The van der Waals surface area contributed by atoms with Crippen LogP contribution in [0, 0.1) is 11.8 Å². The molecule has 0 spiro atoms. The molecule has 16 heavy (non-hydrogen) atoms. The van der Waals surface area contributed by atoms with Crippen LogP contribution in [0.1, 0.15) is 13.8 Å². The van der Waals surface area contributed by atoms with Crippen LogP contribution in [0.4, 0.5) is 0 Å². The van der Waals surface area contributed by atoms with E-state index in [9.17, 15) is 9.59 Å². The molecule has 1 heterocycles. The topological polar surface area (TPSA) is 61.4 Å².